The van der Waals surface area contributed by atoms with E-state index in [4.69, 9.17) is 21.1 Å². The first-order valence-electron chi connectivity index (χ1n) is 14.3. The van der Waals surface area contributed by atoms with E-state index in [1.807, 2.05) is 30.3 Å². The third-order valence-corrected chi connectivity index (χ3v) is 8.13. The number of phenolic OH excluding ortho intramolecular Hbond substituents is 1. The molecule has 1 heterocycles. The summed E-state index contributed by atoms with van der Waals surface area (Å²) in [6, 6.07) is 18.2. The number of rotatable bonds is 10. The van der Waals surface area contributed by atoms with E-state index in [1.54, 1.807) is 24.3 Å². The summed E-state index contributed by atoms with van der Waals surface area (Å²) in [5.41, 5.74) is 5.40. The Kier molecular flexibility index (Phi) is 9.19. The summed E-state index contributed by atoms with van der Waals surface area (Å²) in [4.78, 5) is 2.23. The summed E-state index contributed by atoms with van der Waals surface area (Å²) in [6.07, 6.45) is 0.302. The molecule has 42 heavy (non-hydrogen) atoms. The van der Waals surface area contributed by atoms with E-state index in [1.165, 1.54) is 13.0 Å². The van der Waals surface area contributed by atoms with Gasteiger partial charge in [0.15, 0.2) is 0 Å². The third-order valence-electron chi connectivity index (χ3n) is 7.83. The van der Waals surface area contributed by atoms with Gasteiger partial charge in [-0.3, -0.25) is 9.29 Å². The molecule has 3 aromatic rings. The number of hydrogen-bond donors (Lipinski definition) is 1. The number of ether oxygens (including phenoxy) is 2. The van der Waals surface area contributed by atoms with Crippen molar-refractivity contribution in [1.82, 2.24) is 4.90 Å². The van der Waals surface area contributed by atoms with Gasteiger partial charge in [0.05, 0.1) is 11.7 Å². The predicted molar refractivity (Wildman–Crippen MR) is 161 cm³/mol. The molecule has 1 atom stereocenters. The van der Waals surface area contributed by atoms with Crippen LogP contribution < -0.4 is 9.47 Å². The molecule has 1 aliphatic heterocycles. The van der Waals surface area contributed by atoms with Crippen LogP contribution in [0.5, 0.6) is 17.2 Å². The van der Waals surface area contributed by atoms with E-state index in [9.17, 15) is 18.3 Å². The van der Waals surface area contributed by atoms with Crippen molar-refractivity contribution in [2.45, 2.75) is 51.2 Å². The minimum absolute atomic E-state index is 0.0620. The van der Waals surface area contributed by atoms with E-state index in [0.29, 0.717) is 6.42 Å². The summed E-state index contributed by atoms with van der Waals surface area (Å²) < 4.78 is 52.1. The first-order valence-corrected chi connectivity index (χ1v) is 14.7. The Labute approximate surface area is 250 Å². The van der Waals surface area contributed by atoms with Crippen LogP contribution in [-0.2, 0) is 6.42 Å². The topological polar surface area (TPSA) is 41.9 Å². The molecule has 222 valence electrons. The quantitative estimate of drug-likeness (QED) is 0.237. The molecular weight excluding hydrogens is 563 g/mol. The van der Waals surface area contributed by atoms with Crippen LogP contribution in [0.4, 0.5) is 13.2 Å². The molecule has 0 amide bonds. The average molecular weight is 598 g/mol. The second kappa shape index (κ2) is 12.8. The van der Waals surface area contributed by atoms with Gasteiger partial charge in [0, 0.05) is 25.2 Å². The molecule has 1 N–H and O–H groups in total. The number of benzene rings is 3. The number of hydrogen-bond acceptors (Lipinski definition) is 4. The van der Waals surface area contributed by atoms with Crippen molar-refractivity contribution in [3.05, 3.63) is 100 Å². The Morgan fingerprint density at radius 3 is 2.55 bits per heavy atom. The highest BCUT2D eigenvalue weighted by Gasteiger charge is 2.34. The molecule has 4 nitrogen and oxygen atoms in total. The summed E-state index contributed by atoms with van der Waals surface area (Å²) in [6.45, 7) is 6.63. The van der Waals surface area contributed by atoms with Gasteiger partial charge < -0.3 is 14.6 Å². The highest BCUT2D eigenvalue weighted by Crippen LogP contribution is 2.43. The minimum atomic E-state index is -3.53. The lowest BCUT2D eigenvalue weighted by Crippen LogP contribution is -2.26. The SMILES string of the molecule is C=C(C)C(F)(F)Oc1ccc(C2=C(c3ccc(O[C@H]4CCN(CCCF)C4)cc3)c3ccc(O)cc3CCC2)cc1Cl. The lowest BCUT2D eigenvalue weighted by Gasteiger charge is -2.20. The van der Waals surface area contributed by atoms with Crippen molar-refractivity contribution in [3.8, 4) is 17.2 Å². The number of phenols is 1. The van der Waals surface area contributed by atoms with Crippen LogP contribution in [0, 0.1) is 0 Å². The molecule has 3 aromatic carbocycles. The number of allylic oxidation sites excluding steroid dienone is 1. The van der Waals surface area contributed by atoms with Crippen LogP contribution in [0.3, 0.4) is 0 Å². The van der Waals surface area contributed by atoms with E-state index in [2.05, 4.69) is 11.5 Å². The van der Waals surface area contributed by atoms with Gasteiger partial charge >= 0.3 is 6.11 Å². The number of aromatic hydroxyl groups is 1. The van der Waals surface area contributed by atoms with Crippen molar-refractivity contribution >= 4 is 22.7 Å². The van der Waals surface area contributed by atoms with Crippen LogP contribution in [0.15, 0.2) is 72.8 Å². The van der Waals surface area contributed by atoms with E-state index < -0.39 is 11.7 Å². The Hall–Kier alpha value is -3.42. The lowest BCUT2D eigenvalue weighted by molar-refractivity contribution is -0.141. The average Bonchev–Trinajstić information content (AvgIpc) is 3.32. The van der Waals surface area contributed by atoms with Crippen molar-refractivity contribution in [2.24, 2.45) is 0 Å². The van der Waals surface area contributed by atoms with Crippen LogP contribution in [0.25, 0.3) is 11.1 Å². The summed E-state index contributed by atoms with van der Waals surface area (Å²) >= 11 is 6.47. The number of halogens is 4. The fourth-order valence-electron chi connectivity index (χ4n) is 5.66. The Morgan fingerprint density at radius 2 is 1.83 bits per heavy atom. The fourth-order valence-corrected chi connectivity index (χ4v) is 5.88. The van der Waals surface area contributed by atoms with Crippen LogP contribution in [0.1, 0.15) is 54.9 Å². The molecule has 0 bridgehead atoms. The van der Waals surface area contributed by atoms with E-state index in [0.717, 1.165) is 84.5 Å². The summed E-state index contributed by atoms with van der Waals surface area (Å²) in [5, 5.41) is 10.3. The second-order valence-corrected chi connectivity index (χ2v) is 11.4. The van der Waals surface area contributed by atoms with Crippen LogP contribution in [0.2, 0.25) is 5.02 Å². The van der Waals surface area contributed by atoms with Crippen molar-refractivity contribution in [3.63, 3.8) is 0 Å². The van der Waals surface area contributed by atoms with Gasteiger partial charge in [-0.05, 0) is 109 Å². The van der Waals surface area contributed by atoms with Gasteiger partial charge in [-0.25, -0.2) is 0 Å². The van der Waals surface area contributed by atoms with Crippen LogP contribution in [-0.4, -0.2) is 48.5 Å². The second-order valence-electron chi connectivity index (χ2n) is 11.0. The number of likely N-dealkylation sites (tertiary alicyclic amines) is 1. The minimum Gasteiger partial charge on any atom is -0.508 e. The smallest absolute Gasteiger partial charge is 0.422 e. The summed E-state index contributed by atoms with van der Waals surface area (Å²) in [7, 11) is 0. The number of alkyl halides is 3. The molecular formula is C34H35ClF3NO3. The molecule has 1 aliphatic carbocycles. The zero-order valence-corrected chi connectivity index (χ0v) is 24.4. The molecule has 0 unspecified atom stereocenters. The molecule has 0 saturated carbocycles. The van der Waals surface area contributed by atoms with Gasteiger partial charge in [-0.2, -0.15) is 8.78 Å². The van der Waals surface area contributed by atoms with Crippen LogP contribution >= 0.6 is 11.6 Å². The maximum absolute atomic E-state index is 14.2. The van der Waals surface area contributed by atoms with Gasteiger partial charge in [0.25, 0.3) is 0 Å². The number of aryl methyl sites for hydroxylation is 1. The van der Waals surface area contributed by atoms with E-state index in [-0.39, 0.29) is 29.3 Å². The van der Waals surface area contributed by atoms with Gasteiger partial charge in [0.1, 0.15) is 23.4 Å². The largest absolute Gasteiger partial charge is 0.508 e. The molecule has 2 aliphatic rings. The van der Waals surface area contributed by atoms with Crippen molar-refractivity contribution in [2.75, 3.05) is 26.3 Å². The highest BCUT2D eigenvalue weighted by atomic mass is 35.5. The zero-order chi connectivity index (χ0) is 29.9. The molecule has 5 rings (SSSR count). The monoisotopic (exact) mass is 597 g/mol. The van der Waals surface area contributed by atoms with Gasteiger partial charge in [-0.1, -0.05) is 42.4 Å². The number of nitrogens with zero attached hydrogens (tertiary/aromatic N) is 1. The third kappa shape index (κ3) is 6.79. The summed E-state index contributed by atoms with van der Waals surface area (Å²) in [5.74, 6) is 0.854. The lowest BCUT2D eigenvalue weighted by atomic mass is 9.88. The predicted octanol–water partition coefficient (Wildman–Crippen LogP) is 8.70. The van der Waals surface area contributed by atoms with Crippen molar-refractivity contribution < 1.29 is 27.8 Å². The first-order chi connectivity index (χ1) is 20.1. The standard InChI is InChI=1S/C34H35ClF3NO3/c1-22(2)34(37,38)42-32-14-9-25(20-31(32)35)29-6-3-5-24-19-26(40)10-13-30(24)33(29)23-7-11-27(12-8-23)41-28-15-18-39(21-28)17-4-16-36/h7-14,19-20,28,40H,1,3-6,15-18,21H2,2H3/t28-/m0/s1. The maximum atomic E-state index is 14.2. The van der Waals surface area contributed by atoms with Gasteiger partial charge in [0.2, 0.25) is 0 Å². The van der Waals surface area contributed by atoms with Gasteiger partial charge in [-0.15, -0.1) is 0 Å². The Balaban J connectivity index is 1.48. The highest BCUT2D eigenvalue weighted by molar-refractivity contribution is 6.32. The molecule has 0 spiro atoms. The zero-order valence-electron chi connectivity index (χ0n) is 23.6. The first kappa shape index (κ1) is 30.1. The van der Waals surface area contributed by atoms with Crippen molar-refractivity contribution in [1.29, 1.82) is 0 Å². The number of fused-ring (bicyclic) bond motifs is 1. The molecule has 1 fully saturated rings. The fraction of sp³-hybridized carbons (Fsp3) is 0.353. The molecule has 1 saturated heterocycles. The Morgan fingerprint density at radius 1 is 1.07 bits per heavy atom. The molecule has 0 aromatic heterocycles. The normalized spacial score (nSPS) is 17.6. The maximum Gasteiger partial charge on any atom is 0.422 e. The van der Waals surface area contributed by atoms with E-state index >= 15 is 0 Å². The molecule has 8 heteroatoms. The Bertz CT molecular complexity index is 1470. The molecule has 0 radical (unpaired) electrons.